The van der Waals surface area contributed by atoms with Crippen molar-refractivity contribution in [2.24, 2.45) is 5.14 Å². The van der Waals surface area contributed by atoms with Crippen molar-refractivity contribution in [3.63, 3.8) is 0 Å². The minimum Gasteiger partial charge on any atom is -0.480 e. The van der Waals surface area contributed by atoms with Crippen LogP contribution in [0.1, 0.15) is 11.3 Å². The number of nitrogens with two attached hydrogens (primary N) is 1. The van der Waals surface area contributed by atoms with E-state index in [1.165, 1.54) is 30.3 Å². The summed E-state index contributed by atoms with van der Waals surface area (Å²) in [6.07, 6.45) is 4.58. The zero-order chi connectivity index (χ0) is 23.6. The Labute approximate surface area is 194 Å². The molecular weight excluding hydrogens is 468 g/mol. The van der Waals surface area contributed by atoms with Gasteiger partial charge in [-0.3, -0.25) is 14.5 Å². The largest absolute Gasteiger partial charge is 0.480 e. The van der Waals surface area contributed by atoms with E-state index in [9.17, 15) is 13.2 Å². The average molecular weight is 487 g/mol. The smallest absolute Gasteiger partial charge is 0.238 e. The number of anilines is 1. The Morgan fingerprint density at radius 3 is 2.67 bits per heavy atom. The van der Waals surface area contributed by atoms with Crippen LogP contribution in [0.15, 0.2) is 59.9 Å². The van der Waals surface area contributed by atoms with Gasteiger partial charge in [-0.2, -0.15) is 5.10 Å². The summed E-state index contributed by atoms with van der Waals surface area (Å²) in [6, 6.07) is 9.86. The molecule has 0 spiro atoms. The molecule has 2 aromatic carbocycles. The quantitative estimate of drug-likeness (QED) is 0.408. The molecule has 0 bridgehead atoms. The van der Waals surface area contributed by atoms with Crippen LogP contribution in [0, 0.1) is 0 Å². The molecule has 0 aliphatic heterocycles. The van der Waals surface area contributed by atoms with Crippen molar-refractivity contribution in [3.8, 4) is 5.88 Å². The van der Waals surface area contributed by atoms with Crippen LogP contribution in [-0.4, -0.2) is 41.2 Å². The third-order valence-corrected chi connectivity index (χ3v) is 6.07. The van der Waals surface area contributed by atoms with Crippen molar-refractivity contribution in [2.45, 2.75) is 17.9 Å². The van der Waals surface area contributed by atoms with E-state index in [1.54, 1.807) is 36.5 Å². The first-order valence-electron chi connectivity index (χ1n) is 9.65. The van der Waals surface area contributed by atoms with Crippen LogP contribution in [0.5, 0.6) is 5.88 Å². The van der Waals surface area contributed by atoms with Crippen LogP contribution in [0.3, 0.4) is 0 Å². The van der Waals surface area contributed by atoms with Crippen molar-refractivity contribution in [3.05, 3.63) is 71.3 Å². The summed E-state index contributed by atoms with van der Waals surface area (Å²) in [6.45, 7) is 0.240. The number of halogens is 1. The number of carbonyl (C=O) groups excluding carboxylic acids is 1. The molecule has 0 aliphatic carbocycles. The van der Waals surface area contributed by atoms with E-state index < -0.39 is 10.0 Å². The molecule has 2 heterocycles. The molecule has 2 aromatic heterocycles. The zero-order valence-corrected chi connectivity index (χ0v) is 19.0. The van der Waals surface area contributed by atoms with Gasteiger partial charge < -0.3 is 10.1 Å². The molecule has 0 atom stereocenters. The fraction of sp³-hybridized carbons (Fsp3) is 0.143. The van der Waals surface area contributed by atoms with Gasteiger partial charge in [-0.1, -0.05) is 29.8 Å². The highest BCUT2D eigenvalue weighted by molar-refractivity contribution is 7.89. The number of methoxy groups -OCH3 is 1. The van der Waals surface area contributed by atoms with Crippen LogP contribution in [0.4, 0.5) is 5.69 Å². The summed E-state index contributed by atoms with van der Waals surface area (Å²) in [4.78, 5) is 20.7. The number of ether oxygens (including phenoxy) is 1. The molecule has 0 radical (unpaired) electrons. The summed E-state index contributed by atoms with van der Waals surface area (Å²) >= 11 is 6.12. The van der Waals surface area contributed by atoms with E-state index in [1.807, 2.05) is 0 Å². The minimum atomic E-state index is -4.09. The van der Waals surface area contributed by atoms with Crippen molar-refractivity contribution < 1.29 is 17.9 Å². The lowest BCUT2D eigenvalue weighted by molar-refractivity contribution is -0.115. The maximum Gasteiger partial charge on any atom is 0.238 e. The zero-order valence-electron chi connectivity index (χ0n) is 17.4. The van der Waals surface area contributed by atoms with Gasteiger partial charge in [0.1, 0.15) is 0 Å². The number of nitrogens with zero attached hydrogens (tertiary/aromatic N) is 4. The molecule has 0 saturated heterocycles. The van der Waals surface area contributed by atoms with Gasteiger partial charge >= 0.3 is 0 Å². The standard InChI is InChI=1S/C21H19ClN6O4S/c1-32-21-10-24-15(9-25-21)11-28-12-16-18(27-28)7-14(8-19(16)33(23,30)31)26-20(29)6-13-4-2-3-5-17(13)22/h2-5,7-10,12H,6,11H2,1H3,(H,26,29)(H2,23,30,31). The first-order chi connectivity index (χ1) is 15.7. The minimum absolute atomic E-state index is 0.0208. The van der Waals surface area contributed by atoms with Gasteiger partial charge in [-0.25, -0.2) is 18.5 Å². The number of hydrogen-bond acceptors (Lipinski definition) is 7. The van der Waals surface area contributed by atoms with Crippen molar-refractivity contribution in [2.75, 3.05) is 12.4 Å². The molecule has 0 saturated carbocycles. The Morgan fingerprint density at radius 2 is 2.00 bits per heavy atom. The summed E-state index contributed by atoms with van der Waals surface area (Å²) in [5.74, 6) is 0.00817. The Morgan fingerprint density at radius 1 is 1.21 bits per heavy atom. The SMILES string of the molecule is COc1cnc(Cn2cc3c(S(N)(=O)=O)cc(NC(=O)Cc4ccccc4Cl)cc3n2)cn1. The number of amides is 1. The molecule has 1 amide bonds. The van der Waals surface area contributed by atoms with Gasteiger partial charge in [-0.05, 0) is 23.8 Å². The first-order valence-corrected chi connectivity index (χ1v) is 11.6. The highest BCUT2D eigenvalue weighted by Crippen LogP contribution is 2.27. The molecular formula is C21H19ClN6O4S. The normalized spacial score (nSPS) is 11.5. The lowest BCUT2D eigenvalue weighted by Crippen LogP contribution is -2.16. The molecule has 0 aliphatic rings. The molecule has 170 valence electrons. The number of aromatic nitrogens is 4. The molecule has 3 N–H and O–H groups in total. The maximum absolute atomic E-state index is 12.5. The van der Waals surface area contributed by atoms with Gasteiger partial charge in [0.25, 0.3) is 0 Å². The van der Waals surface area contributed by atoms with Crippen LogP contribution in [0.2, 0.25) is 5.02 Å². The highest BCUT2D eigenvalue weighted by atomic mass is 35.5. The molecule has 12 heteroatoms. The molecule has 33 heavy (non-hydrogen) atoms. The number of fused-ring (bicyclic) bond motifs is 1. The number of benzene rings is 2. The third kappa shape index (κ3) is 5.28. The second-order valence-corrected chi connectivity index (χ2v) is 9.08. The fourth-order valence-corrected chi connectivity index (χ4v) is 4.20. The van der Waals surface area contributed by atoms with Gasteiger partial charge in [0.05, 0.1) is 48.6 Å². The van der Waals surface area contributed by atoms with E-state index in [0.29, 0.717) is 33.1 Å². The first kappa shape index (κ1) is 22.6. The average Bonchev–Trinajstić information content (AvgIpc) is 3.16. The van der Waals surface area contributed by atoms with Crippen LogP contribution in [-0.2, 0) is 27.8 Å². The second-order valence-electron chi connectivity index (χ2n) is 7.15. The van der Waals surface area contributed by atoms with E-state index in [-0.39, 0.29) is 29.5 Å². The Kier molecular flexibility index (Phi) is 6.27. The number of sulfonamides is 1. The molecule has 4 rings (SSSR count). The van der Waals surface area contributed by atoms with Crippen LogP contribution < -0.4 is 15.2 Å². The molecule has 10 nitrogen and oxygen atoms in total. The van der Waals surface area contributed by atoms with Gasteiger partial charge in [0.2, 0.25) is 21.8 Å². The lowest BCUT2D eigenvalue weighted by atomic mass is 10.1. The van der Waals surface area contributed by atoms with E-state index >= 15 is 0 Å². The summed E-state index contributed by atoms with van der Waals surface area (Å²) < 4.78 is 31.0. The predicted molar refractivity (Wildman–Crippen MR) is 123 cm³/mol. The predicted octanol–water partition coefficient (Wildman–Crippen LogP) is 2.37. The second kappa shape index (κ2) is 9.14. The summed E-state index contributed by atoms with van der Waals surface area (Å²) in [7, 11) is -2.60. The van der Waals surface area contributed by atoms with Crippen LogP contribution >= 0.6 is 11.6 Å². The van der Waals surface area contributed by atoms with E-state index in [0.717, 1.165) is 0 Å². The number of nitrogens with one attached hydrogen (secondary N) is 1. The molecule has 4 aromatic rings. The Hall–Kier alpha value is -3.54. The highest BCUT2D eigenvalue weighted by Gasteiger charge is 2.18. The van der Waals surface area contributed by atoms with Gasteiger partial charge in [0.15, 0.2) is 0 Å². The lowest BCUT2D eigenvalue weighted by Gasteiger charge is -2.08. The van der Waals surface area contributed by atoms with Gasteiger partial charge in [-0.15, -0.1) is 0 Å². The topological polar surface area (TPSA) is 142 Å². The number of rotatable bonds is 7. The maximum atomic E-state index is 12.5. The van der Waals surface area contributed by atoms with Crippen LogP contribution in [0.25, 0.3) is 10.9 Å². The monoisotopic (exact) mass is 486 g/mol. The molecule has 0 fully saturated rings. The summed E-state index contributed by atoms with van der Waals surface area (Å²) in [5.41, 5.74) is 1.83. The number of carbonyl (C=O) groups is 1. The fourth-order valence-electron chi connectivity index (χ4n) is 3.25. The molecule has 0 unspecified atom stereocenters. The van der Waals surface area contributed by atoms with Gasteiger partial charge in [0, 0.05) is 22.3 Å². The third-order valence-electron chi connectivity index (χ3n) is 4.75. The van der Waals surface area contributed by atoms with Crippen molar-refractivity contribution in [1.82, 2.24) is 19.7 Å². The number of hydrogen-bond donors (Lipinski definition) is 2. The van der Waals surface area contributed by atoms with E-state index in [2.05, 4.69) is 20.4 Å². The van der Waals surface area contributed by atoms with E-state index in [4.69, 9.17) is 21.5 Å². The Bertz CT molecular complexity index is 1440. The van der Waals surface area contributed by atoms with Crippen molar-refractivity contribution in [1.29, 1.82) is 0 Å². The number of primary sulfonamides is 1. The van der Waals surface area contributed by atoms with Crippen molar-refractivity contribution >= 4 is 44.1 Å². The Balaban J connectivity index is 1.64. The summed E-state index contributed by atoms with van der Waals surface area (Å²) in [5, 5.41) is 13.3.